The van der Waals surface area contributed by atoms with Gasteiger partial charge >= 0.3 is 0 Å². The van der Waals surface area contributed by atoms with Gasteiger partial charge in [0.15, 0.2) is 5.60 Å². The van der Waals surface area contributed by atoms with E-state index < -0.39 is 11.2 Å². The zero-order valence-corrected chi connectivity index (χ0v) is 21.6. The summed E-state index contributed by atoms with van der Waals surface area (Å²) in [4.78, 5) is 11.0. The van der Waals surface area contributed by atoms with Gasteiger partial charge in [-0.05, 0) is 44.0 Å². The summed E-state index contributed by atoms with van der Waals surface area (Å²) in [6.45, 7) is 11.5. The molecule has 2 N–H and O–H groups in total. The van der Waals surface area contributed by atoms with E-state index in [0.29, 0.717) is 22.7 Å². The molecular weight excluding hydrogens is 442 g/mol. The Morgan fingerprint density at radius 2 is 1.79 bits per heavy atom. The van der Waals surface area contributed by atoms with Gasteiger partial charge in [-0.15, -0.1) is 11.3 Å². The Balaban J connectivity index is 1.75. The summed E-state index contributed by atoms with van der Waals surface area (Å²) in [7, 11) is 2.06. The smallest absolute Gasteiger partial charge is 0.166 e. The third kappa shape index (κ3) is 4.42. The molecule has 0 amide bonds. The Kier molecular flexibility index (Phi) is 6.43. The third-order valence-electron chi connectivity index (χ3n) is 6.83. The normalized spacial score (nSPS) is 19.0. The van der Waals surface area contributed by atoms with Crippen molar-refractivity contribution in [2.24, 2.45) is 5.41 Å². The summed E-state index contributed by atoms with van der Waals surface area (Å²) >= 11 is 1.48. The van der Waals surface area contributed by atoms with E-state index in [1.165, 1.54) is 16.9 Å². The number of aliphatic hydroxyl groups is 2. The molecule has 178 valence electrons. The number of thiazole rings is 1. The maximum absolute atomic E-state index is 12.3. The lowest BCUT2D eigenvalue weighted by atomic mass is 9.62. The number of hydrogen-bond acceptors (Lipinski definition) is 6. The number of hydrogen-bond donors (Lipinski definition) is 2. The van der Waals surface area contributed by atoms with Crippen LogP contribution in [0, 0.1) is 24.2 Å². The molecule has 4 rings (SSSR count). The lowest BCUT2D eigenvalue weighted by molar-refractivity contribution is -0.127. The van der Waals surface area contributed by atoms with Crippen LogP contribution in [0.4, 0.5) is 0 Å². The second-order valence-corrected chi connectivity index (χ2v) is 11.3. The first-order chi connectivity index (χ1) is 15.9. The van der Waals surface area contributed by atoms with Crippen molar-refractivity contribution in [1.29, 1.82) is 0 Å². The molecule has 3 heterocycles. The zero-order chi connectivity index (χ0) is 24.7. The second-order valence-electron chi connectivity index (χ2n) is 10.3. The summed E-state index contributed by atoms with van der Waals surface area (Å²) in [6.07, 6.45) is 3.39. The first-order valence-electron chi connectivity index (χ1n) is 11.6. The summed E-state index contributed by atoms with van der Waals surface area (Å²) < 4.78 is 0. The van der Waals surface area contributed by atoms with Crippen molar-refractivity contribution < 1.29 is 10.2 Å². The van der Waals surface area contributed by atoms with Gasteiger partial charge in [0.2, 0.25) is 0 Å². The van der Waals surface area contributed by atoms with Gasteiger partial charge in [-0.25, -0.2) is 4.98 Å². The van der Waals surface area contributed by atoms with Crippen molar-refractivity contribution in [2.45, 2.75) is 51.7 Å². The van der Waals surface area contributed by atoms with E-state index in [1.54, 1.807) is 19.3 Å². The van der Waals surface area contributed by atoms with Gasteiger partial charge in [-0.1, -0.05) is 56.9 Å². The average Bonchev–Trinajstić information content (AvgIpc) is 3.24. The van der Waals surface area contributed by atoms with Gasteiger partial charge in [0, 0.05) is 47.4 Å². The fourth-order valence-corrected chi connectivity index (χ4v) is 5.61. The molecule has 2 aromatic heterocycles. The lowest BCUT2D eigenvalue weighted by Gasteiger charge is -2.55. The summed E-state index contributed by atoms with van der Waals surface area (Å²) in [5.74, 6) is 6.41. The predicted molar refractivity (Wildman–Crippen MR) is 137 cm³/mol. The number of rotatable bonds is 5. The molecule has 5 nitrogen and oxygen atoms in total. The SMILES string of the molecule is Cc1nc(C(C)(O)C#Cc2cncc(C(O)(c3ccc(C(C)C)cc3)C3(C)CN(C)C3)c2)cs1. The maximum Gasteiger partial charge on any atom is 0.166 e. The van der Waals surface area contributed by atoms with Gasteiger partial charge in [0.1, 0.15) is 5.60 Å². The van der Waals surface area contributed by atoms with Gasteiger partial charge in [0.25, 0.3) is 0 Å². The molecule has 1 saturated heterocycles. The van der Waals surface area contributed by atoms with Crippen molar-refractivity contribution in [2.75, 3.05) is 20.1 Å². The molecule has 1 aromatic carbocycles. The van der Waals surface area contributed by atoms with E-state index in [9.17, 15) is 10.2 Å². The molecule has 6 heteroatoms. The maximum atomic E-state index is 12.3. The largest absolute Gasteiger partial charge is 0.380 e. The molecule has 34 heavy (non-hydrogen) atoms. The van der Waals surface area contributed by atoms with E-state index in [-0.39, 0.29) is 5.41 Å². The van der Waals surface area contributed by atoms with E-state index in [0.717, 1.165) is 23.7 Å². The minimum Gasteiger partial charge on any atom is -0.380 e. The van der Waals surface area contributed by atoms with Crippen molar-refractivity contribution >= 4 is 11.3 Å². The first-order valence-corrected chi connectivity index (χ1v) is 12.5. The number of aryl methyl sites for hydroxylation is 1. The Morgan fingerprint density at radius 1 is 1.12 bits per heavy atom. The Bertz CT molecular complexity index is 1230. The van der Waals surface area contributed by atoms with Crippen LogP contribution in [0.5, 0.6) is 0 Å². The van der Waals surface area contributed by atoms with Crippen LogP contribution in [-0.2, 0) is 11.2 Å². The minimum absolute atomic E-state index is 0.377. The van der Waals surface area contributed by atoms with Crippen molar-refractivity contribution in [3.05, 3.63) is 81.1 Å². The second kappa shape index (κ2) is 8.90. The Labute approximate surface area is 206 Å². The van der Waals surface area contributed by atoms with Crippen molar-refractivity contribution in [1.82, 2.24) is 14.9 Å². The van der Waals surface area contributed by atoms with Crippen LogP contribution in [0.15, 0.2) is 48.1 Å². The van der Waals surface area contributed by atoms with E-state index >= 15 is 0 Å². The molecule has 2 atom stereocenters. The Hall–Kier alpha value is -2.56. The number of benzene rings is 1. The van der Waals surface area contributed by atoms with Gasteiger partial charge in [-0.2, -0.15) is 0 Å². The molecule has 1 fully saturated rings. The van der Waals surface area contributed by atoms with Gasteiger partial charge in [-0.3, -0.25) is 4.98 Å². The Morgan fingerprint density at radius 3 is 2.35 bits per heavy atom. The topological polar surface area (TPSA) is 69.5 Å². The lowest BCUT2D eigenvalue weighted by Crippen LogP contribution is -2.63. The molecule has 1 aliphatic heterocycles. The number of aromatic nitrogens is 2. The average molecular weight is 476 g/mol. The van der Waals surface area contributed by atoms with Crippen LogP contribution in [0.1, 0.15) is 66.6 Å². The highest BCUT2D eigenvalue weighted by Gasteiger charge is 2.55. The predicted octanol–water partition coefficient (Wildman–Crippen LogP) is 4.42. The number of likely N-dealkylation sites (tertiary alicyclic amines) is 1. The molecular formula is C28H33N3O2S. The quantitative estimate of drug-likeness (QED) is 0.535. The van der Waals surface area contributed by atoms with E-state index in [4.69, 9.17) is 0 Å². The first kappa shape index (κ1) is 24.6. The molecule has 3 aromatic rings. The monoisotopic (exact) mass is 475 g/mol. The van der Waals surface area contributed by atoms with Gasteiger partial charge < -0.3 is 15.1 Å². The molecule has 0 radical (unpaired) electrons. The zero-order valence-electron chi connectivity index (χ0n) is 20.8. The van der Waals surface area contributed by atoms with Crippen LogP contribution in [-0.4, -0.2) is 45.2 Å². The molecule has 0 bridgehead atoms. The highest BCUT2D eigenvalue weighted by atomic mass is 32.1. The van der Waals surface area contributed by atoms with E-state index in [2.05, 4.69) is 66.7 Å². The van der Waals surface area contributed by atoms with Crippen LogP contribution in [0.25, 0.3) is 0 Å². The van der Waals surface area contributed by atoms with Crippen LogP contribution in [0.2, 0.25) is 0 Å². The highest BCUT2D eigenvalue weighted by molar-refractivity contribution is 7.09. The van der Waals surface area contributed by atoms with E-state index in [1.807, 2.05) is 30.5 Å². The standard InChI is InChI=1S/C28H33N3O2S/c1-19(2)22-7-9-23(10-8-22)28(33,26(4)17-31(6)18-26)24-13-21(14-29-15-24)11-12-27(5,32)25-16-34-20(3)30-25/h7-10,13-16,19,32-33H,17-18H2,1-6H3. The molecule has 0 spiro atoms. The molecule has 0 saturated carbocycles. The fraction of sp³-hybridized carbons (Fsp3) is 0.429. The fourth-order valence-electron chi connectivity index (χ4n) is 4.90. The van der Waals surface area contributed by atoms with Gasteiger partial charge in [0.05, 0.1) is 10.7 Å². The molecule has 1 aliphatic rings. The van der Waals surface area contributed by atoms with Crippen LogP contribution >= 0.6 is 11.3 Å². The summed E-state index contributed by atoms with van der Waals surface area (Å²) in [5, 5.41) is 25.9. The number of nitrogens with zero attached hydrogens (tertiary/aromatic N) is 3. The van der Waals surface area contributed by atoms with Crippen LogP contribution < -0.4 is 0 Å². The summed E-state index contributed by atoms with van der Waals surface area (Å²) in [6, 6.07) is 10.2. The molecule has 0 aliphatic carbocycles. The third-order valence-corrected chi connectivity index (χ3v) is 7.60. The minimum atomic E-state index is -1.37. The van der Waals surface area contributed by atoms with Crippen molar-refractivity contribution in [3.63, 3.8) is 0 Å². The van der Waals surface area contributed by atoms with Crippen LogP contribution in [0.3, 0.4) is 0 Å². The highest BCUT2D eigenvalue weighted by Crippen LogP contribution is 2.50. The molecule has 2 unspecified atom stereocenters. The number of pyridine rings is 1. The van der Waals surface area contributed by atoms with Crippen molar-refractivity contribution in [3.8, 4) is 11.8 Å². The summed E-state index contributed by atoms with van der Waals surface area (Å²) in [5.41, 5.74) is 0.996.